The van der Waals surface area contributed by atoms with Crippen LogP contribution < -0.4 is 5.32 Å². The summed E-state index contributed by atoms with van der Waals surface area (Å²) in [6, 6.07) is 1.32. The van der Waals surface area contributed by atoms with E-state index in [1.165, 1.54) is 25.7 Å². The van der Waals surface area contributed by atoms with Crippen molar-refractivity contribution in [1.82, 2.24) is 5.32 Å². The number of aliphatic carboxylic acids is 1. The van der Waals surface area contributed by atoms with Crippen molar-refractivity contribution in [3.63, 3.8) is 0 Å². The number of hydrogen-bond acceptors (Lipinski definition) is 2. The van der Waals surface area contributed by atoms with Gasteiger partial charge in [-0.2, -0.15) is 0 Å². The van der Waals surface area contributed by atoms with Crippen LogP contribution >= 0.6 is 0 Å². The average molecular weight is 210 g/mol. The Hall–Kier alpha value is -0.570. The van der Waals surface area contributed by atoms with Crippen LogP contribution in [0.15, 0.2) is 0 Å². The van der Waals surface area contributed by atoms with Gasteiger partial charge < -0.3 is 10.4 Å². The Bertz CT molecular complexity index is 256. The molecule has 2 rings (SSSR count). The van der Waals surface area contributed by atoms with Crippen molar-refractivity contribution in [3.05, 3.63) is 6.04 Å². The topological polar surface area (TPSA) is 49.3 Å². The van der Waals surface area contributed by atoms with E-state index in [1.54, 1.807) is 0 Å². The molecule has 85 valence electrons. The highest BCUT2D eigenvalue weighted by Gasteiger charge is 2.57. The SMILES string of the molecule is C[C](C)NC1C(C(=O)O)CC12CCCC2. The second kappa shape index (κ2) is 3.78. The second-order valence-electron chi connectivity index (χ2n) is 5.34. The lowest BCUT2D eigenvalue weighted by atomic mass is 9.56. The fraction of sp³-hybridized carbons (Fsp3) is 0.833. The highest BCUT2D eigenvalue weighted by atomic mass is 16.4. The fourth-order valence-corrected chi connectivity index (χ4v) is 3.34. The monoisotopic (exact) mass is 210 g/mol. The minimum atomic E-state index is -0.633. The Balaban J connectivity index is 2.06. The third-order valence-corrected chi connectivity index (χ3v) is 4.05. The molecule has 0 heterocycles. The Morgan fingerprint density at radius 2 is 1.93 bits per heavy atom. The molecule has 3 heteroatoms. The van der Waals surface area contributed by atoms with Crippen LogP contribution in [0.3, 0.4) is 0 Å². The van der Waals surface area contributed by atoms with Crippen LogP contribution in [-0.2, 0) is 4.79 Å². The van der Waals surface area contributed by atoms with Gasteiger partial charge in [0.25, 0.3) is 0 Å². The van der Waals surface area contributed by atoms with E-state index in [0.29, 0.717) is 5.41 Å². The van der Waals surface area contributed by atoms with Crippen LogP contribution in [0.25, 0.3) is 0 Å². The quantitative estimate of drug-likeness (QED) is 0.750. The zero-order chi connectivity index (χ0) is 11.1. The van der Waals surface area contributed by atoms with Gasteiger partial charge in [0, 0.05) is 12.1 Å². The average Bonchev–Trinajstić information content (AvgIpc) is 2.61. The Morgan fingerprint density at radius 3 is 2.40 bits per heavy atom. The number of carboxylic acids is 1. The van der Waals surface area contributed by atoms with Gasteiger partial charge in [0.2, 0.25) is 0 Å². The van der Waals surface area contributed by atoms with Crippen molar-refractivity contribution in [3.8, 4) is 0 Å². The van der Waals surface area contributed by atoms with Gasteiger partial charge in [-0.15, -0.1) is 0 Å². The van der Waals surface area contributed by atoms with E-state index in [9.17, 15) is 4.79 Å². The minimum Gasteiger partial charge on any atom is -0.481 e. The van der Waals surface area contributed by atoms with Gasteiger partial charge in [0.15, 0.2) is 0 Å². The predicted molar refractivity (Wildman–Crippen MR) is 58.2 cm³/mol. The first kappa shape index (κ1) is 10.9. The molecule has 0 aliphatic heterocycles. The molecule has 2 N–H and O–H groups in total. The van der Waals surface area contributed by atoms with Crippen molar-refractivity contribution >= 4 is 5.97 Å². The Labute approximate surface area is 91.2 Å². The molecule has 0 saturated heterocycles. The van der Waals surface area contributed by atoms with Crippen LogP contribution in [0.5, 0.6) is 0 Å². The first-order valence-corrected chi connectivity index (χ1v) is 5.85. The summed E-state index contributed by atoms with van der Waals surface area (Å²) < 4.78 is 0. The molecular formula is C12H20NO2. The molecule has 0 amide bonds. The summed E-state index contributed by atoms with van der Waals surface area (Å²) >= 11 is 0. The summed E-state index contributed by atoms with van der Waals surface area (Å²) in [6.07, 6.45) is 5.84. The van der Waals surface area contributed by atoms with E-state index in [4.69, 9.17) is 5.11 Å². The van der Waals surface area contributed by atoms with Gasteiger partial charge in [0.05, 0.1) is 5.92 Å². The van der Waals surface area contributed by atoms with E-state index in [2.05, 4.69) is 5.32 Å². The molecule has 2 saturated carbocycles. The van der Waals surface area contributed by atoms with Crippen LogP contribution in [0.2, 0.25) is 0 Å². The van der Waals surface area contributed by atoms with E-state index in [0.717, 1.165) is 12.5 Å². The van der Waals surface area contributed by atoms with Gasteiger partial charge in [-0.25, -0.2) is 0 Å². The summed E-state index contributed by atoms with van der Waals surface area (Å²) in [5.74, 6) is -0.802. The molecule has 15 heavy (non-hydrogen) atoms. The third-order valence-electron chi connectivity index (χ3n) is 4.05. The highest BCUT2D eigenvalue weighted by molar-refractivity contribution is 5.73. The normalized spacial score (nSPS) is 33.3. The van der Waals surface area contributed by atoms with Crippen LogP contribution in [0.1, 0.15) is 46.0 Å². The minimum absolute atomic E-state index is 0.169. The molecule has 0 aromatic carbocycles. The molecule has 2 atom stereocenters. The number of carbonyl (C=O) groups is 1. The lowest BCUT2D eigenvalue weighted by molar-refractivity contribution is -0.153. The number of nitrogens with one attached hydrogen (secondary N) is 1. The molecule has 1 radical (unpaired) electrons. The van der Waals surface area contributed by atoms with Crippen molar-refractivity contribution in [1.29, 1.82) is 0 Å². The van der Waals surface area contributed by atoms with E-state index in [1.807, 2.05) is 13.8 Å². The Kier molecular flexibility index (Phi) is 2.75. The maximum absolute atomic E-state index is 11.1. The lowest BCUT2D eigenvalue weighted by Gasteiger charge is -2.53. The maximum atomic E-state index is 11.1. The molecule has 0 aromatic heterocycles. The smallest absolute Gasteiger partial charge is 0.308 e. The molecule has 1 spiro atoms. The van der Waals surface area contributed by atoms with Crippen LogP contribution in [0, 0.1) is 17.4 Å². The maximum Gasteiger partial charge on any atom is 0.308 e. The summed E-state index contributed by atoms with van der Waals surface area (Å²) in [5.41, 5.74) is 0.306. The summed E-state index contributed by atoms with van der Waals surface area (Å²) in [6.45, 7) is 4.03. The number of carboxylic acid groups (broad SMARTS) is 1. The molecule has 3 nitrogen and oxygen atoms in total. The first-order valence-electron chi connectivity index (χ1n) is 5.85. The third kappa shape index (κ3) is 1.78. The summed E-state index contributed by atoms with van der Waals surface area (Å²) in [5, 5.41) is 12.5. The summed E-state index contributed by atoms with van der Waals surface area (Å²) in [7, 11) is 0. The van der Waals surface area contributed by atoms with Gasteiger partial charge in [-0.1, -0.05) is 12.8 Å². The first-order chi connectivity index (χ1) is 7.05. The van der Waals surface area contributed by atoms with Crippen molar-refractivity contribution in [2.45, 2.75) is 52.0 Å². The molecule has 2 fully saturated rings. The van der Waals surface area contributed by atoms with Gasteiger partial charge in [-0.3, -0.25) is 4.79 Å². The molecule has 0 aromatic rings. The standard InChI is InChI=1S/C12H20NO2/c1-8(2)13-10-9(11(14)15)7-12(10)5-3-4-6-12/h9-10,13H,3-7H2,1-2H3,(H,14,15). The highest BCUT2D eigenvalue weighted by Crippen LogP contribution is 2.56. The van der Waals surface area contributed by atoms with Crippen LogP contribution in [0.4, 0.5) is 0 Å². The van der Waals surface area contributed by atoms with E-state index in [-0.39, 0.29) is 12.0 Å². The number of rotatable bonds is 3. The fourth-order valence-electron chi connectivity index (χ4n) is 3.34. The zero-order valence-electron chi connectivity index (χ0n) is 9.55. The second-order valence-corrected chi connectivity index (χ2v) is 5.34. The zero-order valence-corrected chi connectivity index (χ0v) is 9.55. The van der Waals surface area contributed by atoms with E-state index < -0.39 is 5.97 Å². The molecule has 2 aliphatic rings. The lowest BCUT2D eigenvalue weighted by Crippen LogP contribution is -2.61. The predicted octanol–water partition coefficient (Wildman–Crippen LogP) is 2.18. The molecule has 0 bridgehead atoms. The Morgan fingerprint density at radius 1 is 1.33 bits per heavy atom. The summed E-state index contributed by atoms with van der Waals surface area (Å²) in [4.78, 5) is 11.1. The molecule has 2 unspecified atom stereocenters. The van der Waals surface area contributed by atoms with Gasteiger partial charge >= 0.3 is 5.97 Å². The number of hydrogen-bond donors (Lipinski definition) is 2. The van der Waals surface area contributed by atoms with Gasteiger partial charge in [0.1, 0.15) is 0 Å². The van der Waals surface area contributed by atoms with Crippen molar-refractivity contribution in [2.75, 3.05) is 0 Å². The largest absolute Gasteiger partial charge is 0.481 e. The molecular weight excluding hydrogens is 190 g/mol. The van der Waals surface area contributed by atoms with Crippen LogP contribution in [-0.4, -0.2) is 17.1 Å². The van der Waals surface area contributed by atoms with E-state index >= 15 is 0 Å². The van der Waals surface area contributed by atoms with Gasteiger partial charge in [-0.05, 0) is 38.5 Å². The van der Waals surface area contributed by atoms with Crippen molar-refractivity contribution < 1.29 is 9.90 Å². The van der Waals surface area contributed by atoms with Crippen molar-refractivity contribution in [2.24, 2.45) is 11.3 Å². The molecule has 2 aliphatic carbocycles.